The minimum atomic E-state index is -3.64. The molecule has 0 spiro atoms. The monoisotopic (exact) mass is 521 g/mol. The largest absolute Gasteiger partial charge is 0.497 e. The Balaban J connectivity index is 2.18. The van der Waals surface area contributed by atoms with E-state index in [1.807, 2.05) is 26.0 Å². The highest BCUT2D eigenvalue weighted by atomic mass is 32.2. The summed E-state index contributed by atoms with van der Waals surface area (Å²) in [6.07, 6.45) is 2.07. The SMILES string of the molecule is CC[C@@H](C)NC(=O)[C@H](C)N(Cc1cccc(OC)c1)C(=O)CCCN(c1ccc(F)cc1)S(C)(=O)=O. The van der Waals surface area contributed by atoms with Crippen LogP contribution in [0.4, 0.5) is 10.1 Å². The molecule has 0 heterocycles. The van der Waals surface area contributed by atoms with Crippen LogP contribution >= 0.6 is 0 Å². The number of rotatable bonds is 13. The number of ether oxygens (including phenoxy) is 1. The normalized spacial score (nSPS) is 12.9. The third-order valence-corrected chi connectivity index (χ3v) is 7.12. The van der Waals surface area contributed by atoms with E-state index >= 15 is 0 Å². The van der Waals surface area contributed by atoms with Crippen molar-refractivity contribution < 1.29 is 27.1 Å². The van der Waals surface area contributed by atoms with E-state index in [2.05, 4.69) is 5.32 Å². The molecule has 198 valence electrons. The fourth-order valence-electron chi connectivity index (χ4n) is 3.63. The summed E-state index contributed by atoms with van der Waals surface area (Å²) in [4.78, 5) is 27.7. The topological polar surface area (TPSA) is 96.0 Å². The Bertz CT molecular complexity index is 1120. The van der Waals surface area contributed by atoms with Gasteiger partial charge < -0.3 is 15.0 Å². The van der Waals surface area contributed by atoms with Crippen molar-refractivity contribution in [3.8, 4) is 5.75 Å². The van der Waals surface area contributed by atoms with Crippen LogP contribution < -0.4 is 14.4 Å². The van der Waals surface area contributed by atoms with Crippen molar-refractivity contribution in [2.45, 2.75) is 58.7 Å². The van der Waals surface area contributed by atoms with Gasteiger partial charge in [0.05, 0.1) is 19.1 Å². The van der Waals surface area contributed by atoms with Crippen LogP contribution in [0.25, 0.3) is 0 Å². The lowest BCUT2D eigenvalue weighted by molar-refractivity contribution is -0.140. The standard InChI is InChI=1S/C26H36FN3O5S/c1-6-19(2)28-26(32)20(3)29(18-21-9-7-10-24(17-21)35-4)25(31)11-8-16-30(36(5,33)34)23-14-12-22(27)13-15-23/h7,9-10,12-15,17,19-20H,6,8,11,16,18H2,1-5H3,(H,28,32)/t19-,20+/m1/s1. The number of sulfonamides is 1. The molecule has 1 N–H and O–H groups in total. The average molecular weight is 522 g/mol. The zero-order valence-corrected chi connectivity index (χ0v) is 22.3. The van der Waals surface area contributed by atoms with E-state index in [0.29, 0.717) is 11.4 Å². The number of methoxy groups -OCH3 is 1. The van der Waals surface area contributed by atoms with Gasteiger partial charge in [0, 0.05) is 25.6 Å². The van der Waals surface area contributed by atoms with Crippen LogP contribution in [0.2, 0.25) is 0 Å². The van der Waals surface area contributed by atoms with Crippen LogP contribution in [0.5, 0.6) is 5.75 Å². The Labute approximate surface area is 213 Å². The lowest BCUT2D eigenvalue weighted by atomic mass is 10.1. The number of carbonyl (C=O) groups excluding carboxylic acids is 2. The third-order valence-electron chi connectivity index (χ3n) is 5.92. The van der Waals surface area contributed by atoms with Gasteiger partial charge in [-0.15, -0.1) is 0 Å². The summed E-state index contributed by atoms with van der Waals surface area (Å²) in [6, 6.07) is 11.6. The van der Waals surface area contributed by atoms with Crippen LogP contribution in [-0.2, 0) is 26.2 Å². The first kappa shape index (κ1) is 29.1. The first-order valence-corrected chi connectivity index (χ1v) is 13.8. The molecule has 8 nitrogen and oxygen atoms in total. The fourth-order valence-corrected chi connectivity index (χ4v) is 4.59. The number of hydrogen-bond donors (Lipinski definition) is 1. The lowest BCUT2D eigenvalue weighted by Crippen LogP contribution is -2.49. The predicted molar refractivity (Wildman–Crippen MR) is 139 cm³/mol. The quantitative estimate of drug-likeness (QED) is 0.434. The summed E-state index contributed by atoms with van der Waals surface area (Å²) in [5.41, 5.74) is 1.12. The highest BCUT2D eigenvalue weighted by molar-refractivity contribution is 7.92. The molecule has 0 saturated heterocycles. The van der Waals surface area contributed by atoms with Crippen molar-refractivity contribution in [3.63, 3.8) is 0 Å². The van der Waals surface area contributed by atoms with E-state index < -0.39 is 21.9 Å². The Morgan fingerprint density at radius 2 is 1.78 bits per heavy atom. The second-order valence-corrected chi connectivity index (χ2v) is 10.7. The molecule has 0 aliphatic rings. The van der Waals surface area contributed by atoms with Gasteiger partial charge in [-0.25, -0.2) is 12.8 Å². The molecule has 0 unspecified atom stereocenters. The van der Waals surface area contributed by atoms with E-state index in [1.165, 1.54) is 29.2 Å². The molecule has 0 aromatic heterocycles. The summed E-state index contributed by atoms with van der Waals surface area (Å²) < 4.78 is 44.4. The molecule has 0 saturated carbocycles. The van der Waals surface area contributed by atoms with Gasteiger partial charge in [0.15, 0.2) is 0 Å². The van der Waals surface area contributed by atoms with E-state index in [1.54, 1.807) is 26.2 Å². The molecule has 2 aromatic rings. The van der Waals surface area contributed by atoms with Crippen molar-refractivity contribution in [2.75, 3.05) is 24.2 Å². The van der Waals surface area contributed by atoms with Crippen LogP contribution in [0.1, 0.15) is 45.6 Å². The summed E-state index contributed by atoms with van der Waals surface area (Å²) >= 11 is 0. The zero-order chi connectivity index (χ0) is 26.9. The Morgan fingerprint density at radius 1 is 1.11 bits per heavy atom. The highest BCUT2D eigenvalue weighted by Gasteiger charge is 2.27. The summed E-state index contributed by atoms with van der Waals surface area (Å²) in [5, 5.41) is 2.92. The lowest BCUT2D eigenvalue weighted by Gasteiger charge is -2.30. The maximum atomic E-state index is 13.3. The zero-order valence-electron chi connectivity index (χ0n) is 21.5. The minimum absolute atomic E-state index is 0.0259. The maximum absolute atomic E-state index is 13.3. The number of nitrogens with zero attached hydrogens (tertiary/aromatic N) is 2. The third kappa shape index (κ3) is 8.51. The summed E-state index contributed by atoms with van der Waals surface area (Å²) in [5.74, 6) is -0.373. The van der Waals surface area contributed by atoms with Crippen LogP contribution in [0.3, 0.4) is 0 Å². The second kappa shape index (κ2) is 13.2. The van der Waals surface area contributed by atoms with Crippen molar-refractivity contribution in [1.82, 2.24) is 10.2 Å². The molecule has 2 atom stereocenters. The van der Waals surface area contributed by atoms with E-state index in [9.17, 15) is 22.4 Å². The number of amides is 2. The van der Waals surface area contributed by atoms with Crippen LogP contribution in [0.15, 0.2) is 48.5 Å². The molecule has 36 heavy (non-hydrogen) atoms. The van der Waals surface area contributed by atoms with Gasteiger partial charge in [-0.1, -0.05) is 19.1 Å². The molecular formula is C26H36FN3O5S. The van der Waals surface area contributed by atoms with Gasteiger partial charge in [-0.3, -0.25) is 13.9 Å². The molecule has 2 amide bonds. The number of hydrogen-bond acceptors (Lipinski definition) is 5. The smallest absolute Gasteiger partial charge is 0.242 e. The van der Waals surface area contributed by atoms with E-state index in [-0.39, 0.29) is 43.8 Å². The molecule has 2 aromatic carbocycles. The van der Waals surface area contributed by atoms with Gasteiger partial charge in [-0.2, -0.15) is 0 Å². The summed E-state index contributed by atoms with van der Waals surface area (Å²) in [7, 11) is -2.09. The Hall–Kier alpha value is -3.14. The molecule has 2 rings (SSSR count). The average Bonchev–Trinajstić information content (AvgIpc) is 2.84. The van der Waals surface area contributed by atoms with Crippen molar-refractivity contribution >= 4 is 27.5 Å². The predicted octanol–water partition coefficient (Wildman–Crippen LogP) is 3.71. The fraction of sp³-hybridized carbons (Fsp3) is 0.462. The molecule has 0 aliphatic heterocycles. The minimum Gasteiger partial charge on any atom is -0.497 e. The summed E-state index contributed by atoms with van der Waals surface area (Å²) in [6.45, 7) is 5.77. The van der Waals surface area contributed by atoms with Crippen LogP contribution in [-0.4, -0.2) is 57.1 Å². The molecule has 0 bridgehead atoms. The first-order chi connectivity index (χ1) is 17.0. The van der Waals surface area contributed by atoms with Crippen LogP contribution in [0, 0.1) is 5.82 Å². The van der Waals surface area contributed by atoms with Gasteiger partial charge >= 0.3 is 0 Å². The maximum Gasteiger partial charge on any atom is 0.242 e. The number of halogens is 1. The van der Waals surface area contributed by atoms with Gasteiger partial charge in [0.1, 0.15) is 17.6 Å². The molecule has 0 fully saturated rings. The van der Waals surface area contributed by atoms with Crippen molar-refractivity contribution in [2.24, 2.45) is 0 Å². The second-order valence-electron chi connectivity index (χ2n) is 8.78. The molecule has 0 radical (unpaired) electrons. The molecule has 10 heteroatoms. The Morgan fingerprint density at radius 3 is 2.36 bits per heavy atom. The van der Waals surface area contributed by atoms with E-state index in [0.717, 1.165) is 22.5 Å². The van der Waals surface area contributed by atoms with Gasteiger partial charge in [0.25, 0.3) is 0 Å². The van der Waals surface area contributed by atoms with Crippen molar-refractivity contribution in [3.05, 3.63) is 59.9 Å². The Kier molecular flexibility index (Phi) is 10.7. The number of benzene rings is 2. The molecule has 0 aliphatic carbocycles. The van der Waals surface area contributed by atoms with Gasteiger partial charge in [-0.05, 0) is 68.7 Å². The van der Waals surface area contributed by atoms with Gasteiger partial charge in [0.2, 0.25) is 21.8 Å². The molecular weight excluding hydrogens is 485 g/mol. The number of nitrogens with one attached hydrogen (secondary N) is 1. The highest BCUT2D eigenvalue weighted by Crippen LogP contribution is 2.20. The first-order valence-electron chi connectivity index (χ1n) is 11.9. The number of anilines is 1. The van der Waals surface area contributed by atoms with Crippen molar-refractivity contribution in [1.29, 1.82) is 0 Å². The van der Waals surface area contributed by atoms with E-state index in [4.69, 9.17) is 4.74 Å². The number of carbonyl (C=O) groups is 2.